The van der Waals surface area contributed by atoms with Crippen LogP contribution in [0.5, 0.6) is 0 Å². The second-order valence-electron chi connectivity index (χ2n) is 8.18. The van der Waals surface area contributed by atoms with E-state index >= 15 is 0 Å². The van der Waals surface area contributed by atoms with Crippen molar-refractivity contribution in [2.24, 2.45) is 0 Å². The first-order valence-electron chi connectivity index (χ1n) is 11.6. The van der Waals surface area contributed by atoms with Crippen molar-refractivity contribution in [3.05, 3.63) is 0 Å². The van der Waals surface area contributed by atoms with Crippen molar-refractivity contribution in [1.82, 2.24) is 4.90 Å². The fourth-order valence-corrected chi connectivity index (χ4v) is 4.13. The number of carbonyl (C=O) groups excluding carboxylic acids is 1. The summed E-state index contributed by atoms with van der Waals surface area (Å²) in [5.74, 6) is 0. The molecule has 0 aromatic rings. The SMILES string of the molecule is CCCCCCCCCCCCCCCCN1CCCCCC1C=O. The number of hydrogen-bond donors (Lipinski definition) is 0. The van der Waals surface area contributed by atoms with Gasteiger partial charge in [0.15, 0.2) is 0 Å². The lowest BCUT2D eigenvalue weighted by molar-refractivity contribution is -0.112. The third kappa shape index (κ3) is 12.6. The largest absolute Gasteiger partial charge is 0.302 e. The molecule has 0 aliphatic carbocycles. The van der Waals surface area contributed by atoms with E-state index in [1.54, 1.807) is 0 Å². The van der Waals surface area contributed by atoms with E-state index in [4.69, 9.17) is 0 Å². The summed E-state index contributed by atoms with van der Waals surface area (Å²) in [7, 11) is 0. The maximum absolute atomic E-state index is 11.2. The molecule has 0 bridgehead atoms. The molecule has 0 aromatic heterocycles. The Balaban J connectivity index is 1.83. The standard InChI is InChI=1S/C23H45NO/c1-2-3-4-5-6-7-8-9-10-11-12-13-14-17-20-24-21-18-15-16-19-23(24)22-25/h22-23H,2-21H2,1H3. The van der Waals surface area contributed by atoms with Gasteiger partial charge in [0.05, 0.1) is 6.04 Å². The van der Waals surface area contributed by atoms with E-state index in [1.807, 2.05) is 0 Å². The van der Waals surface area contributed by atoms with Crippen LogP contribution in [0, 0.1) is 0 Å². The number of aldehydes is 1. The molecule has 1 fully saturated rings. The summed E-state index contributed by atoms with van der Waals surface area (Å²) in [6.07, 6.45) is 25.9. The van der Waals surface area contributed by atoms with Crippen LogP contribution in [0.4, 0.5) is 0 Å². The smallest absolute Gasteiger partial charge is 0.137 e. The maximum atomic E-state index is 11.2. The van der Waals surface area contributed by atoms with Gasteiger partial charge in [-0.2, -0.15) is 0 Å². The molecule has 1 aliphatic rings. The van der Waals surface area contributed by atoms with E-state index < -0.39 is 0 Å². The summed E-state index contributed by atoms with van der Waals surface area (Å²) in [6, 6.07) is 0.212. The molecule has 2 heteroatoms. The summed E-state index contributed by atoms with van der Waals surface area (Å²) in [5.41, 5.74) is 0. The quantitative estimate of drug-likeness (QED) is 0.222. The monoisotopic (exact) mass is 351 g/mol. The van der Waals surface area contributed by atoms with Gasteiger partial charge < -0.3 is 4.79 Å². The molecular formula is C23H45NO. The average molecular weight is 352 g/mol. The Hall–Kier alpha value is -0.370. The van der Waals surface area contributed by atoms with Crippen molar-refractivity contribution < 1.29 is 4.79 Å². The number of likely N-dealkylation sites (tertiary alicyclic amines) is 1. The Morgan fingerprint density at radius 1 is 0.720 bits per heavy atom. The van der Waals surface area contributed by atoms with Crippen molar-refractivity contribution in [1.29, 1.82) is 0 Å². The summed E-state index contributed by atoms with van der Waals surface area (Å²) < 4.78 is 0. The van der Waals surface area contributed by atoms with Gasteiger partial charge in [-0.3, -0.25) is 4.90 Å². The first-order valence-corrected chi connectivity index (χ1v) is 11.6. The molecule has 1 unspecified atom stereocenters. The third-order valence-electron chi connectivity index (χ3n) is 5.87. The fourth-order valence-electron chi connectivity index (χ4n) is 4.13. The number of carbonyl (C=O) groups is 1. The van der Waals surface area contributed by atoms with E-state index in [1.165, 1.54) is 115 Å². The van der Waals surface area contributed by atoms with Gasteiger partial charge in [0, 0.05) is 0 Å². The van der Waals surface area contributed by atoms with Gasteiger partial charge >= 0.3 is 0 Å². The van der Waals surface area contributed by atoms with Crippen molar-refractivity contribution in [2.75, 3.05) is 13.1 Å². The van der Waals surface area contributed by atoms with Crippen LogP contribution in [-0.2, 0) is 4.79 Å². The number of nitrogens with zero attached hydrogens (tertiary/aromatic N) is 1. The van der Waals surface area contributed by atoms with Crippen LogP contribution in [0.2, 0.25) is 0 Å². The lowest BCUT2D eigenvalue weighted by Crippen LogP contribution is -2.36. The summed E-state index contributed by atoms with van der Waals surface area (Å²) in [6.45, 7) is 4.57. The lowest BCUT2D eigenvalue weighted by Gasteiger charge is -2.25. The van der Waals surface area contributed by atoms with Gasteiger partial charge in [0.25, 0.3) is 0 Å². The second kappa shape index (κ2) is 17.1. The first kappa shape index (κ1) is 22.7. The second-order valence-corrected chi connectivity index (χ2v) is 8.18. The average Bonchev–Trinajstić information content (AvgIpc) is 2.87. The molecule has 0 aromatic carbocycles. The normalized spacial score (nSPS) is 19.0. The van der Waals surface area contributed by atoms with E-state index in [0.717, 1.165) is 19.5 Å². The minimum Gasteiger partial charge on any atom is -0.302 e. The topological polar surface area (TPSA) is 20.3 Å². The highest BCUT2D eigenvalue weighted by Crippen LogP contribution is 2.17. The number of unbranched alkanes of at least 4 members (excludes halogenated alkanes) is 13. The van der Waals surface area contributed by atoms with E-state index in [-0.39, 0.29) is 6.04 Å². The Morgan fingerprint density at radius 3 is 1.76 bits per heavy atom. The van der Waals surface area contributed by atoms with Gasteiger partial charge in [-0.25, -0.2) is 0 Å². The van der Waals surface area contributed by atoms with Crippen LogP contribution in [-0.4, -0.2) is 30.3 Å². The predicted octanol–water partition coefficient (Wildman–Crippen LogP) is 6.91. The number of rotatable bonds is 16. The highest BCUT2D eigenvalue weighted by atomic mass is 16.1. The van der Waals surface area contributed by atoms with Gasteiger partial charge in [-0.1, -0.05) is 103 Å². The lowest BCUT2D eigenvalue weighted by atomic mass is 10.0. The Labute approximate surface area is 158 Å². The van der Waals surface area contributed by atoms with Crippen LogP contribution < -0.4 is 0 Å². The van der Waals surface area contributed by atoms with Crippen molar-refractivity contribution >= 4 is 6.29 Å². The Morgan fingerprint density at radius 2 is 1.24 bits per heavy atom. The molecule has 0 radical (unpaired) electrons. The van der Waals surface area contributed by atoms with Crippen molar-refractivity contribution in [2.45, 2.75) is 129 Å². The summed E-state index contributed by atoms with van der Waals surface area (Å²) in [5, 5.41) is 0. The summed E-state index contributed by atoms with van der Waals surface area (Å²) >= 11 is 0. The minimum absolute atomic E-state index is 0.212. The van der Waals surface area contributed by atoms with Crippen LogP contribution in [0.1, 0.15) is 122 Å². The molecule has 1 atom stereocenters. The van der Waals surface area contributed by atoms with E-state index in [0.29, 0.717) is 0 Å². The zero-order valence-corrected chi connectivity index (χ0v) is 17.2. The van der Waals surface area contributed by atoms with Crippen LogP contribution in [0.3, 0.4) is 0 Å². The van der Waals surface area contributed by atoms with Crippen molar-refractivity contribution in [3.63, 3.8) is 0 Å². The van der Waals surface area contributed by atoms with Gasteiger partial charge in [0.1, 0.15) is 6.29 Å². The van der Waals surface area contributed by atoms with Gasteiger partial charge in [-0.05, 0) is 32.4 Å². The molecule has 0 spiro atoms. The molecule has 1 heterocycles. The van der Waals surface area contributed by atoms with E-state index in [2.05, 4.69) is 11.8 Å². The first-order chi connectivity index (χ1) is 12.4. The molecule has 148 valence electrons. The van der Waals surface area contributed by atoms with Crippen LogP contribution in [0.15, 0.2) is 0 Å². The maximum Gasteiger partial charge on any atom is 0.137 e. The molecule has 0 saturated carbocycles. The zero-order valence-electron chi connectivity index (χ0n) is 17.2. The molecule has 0 N–H and O–H groups in total. The third-order valence-corrected chi connectivity index (χ3v) is 5.87. The Kier molecular flexibility index (Phi) is 15.5. The predicted molar refractivity (Wildman–Crippen MR) is 110 cm³/mol. The highest BCUT2D eigenvalue weighted by Gasteiger charge is 2.19. The molecule has 2 nitrogen and oxygen atoms in total. The minimum atomic E-state index is 0.212. The molecule has 1 rings (SSSR count). The van der Waals surface area contributed by atoms with Crippen molar-refractivity contribution in [3.8, 4) is 0 Å². The van der Waals surface area contributed by atoms with E-state index in [9.17, 15) is 4.79 Å². The molecule has 1 saturated heterocycles. The zero-order chi connectivity index (χ0) is 18.0. The fraction of sp³-hybridized carbons (Fsp3) is 0.957. The number of hydrogen-bond acceptors (Lipinski definition) is 2. The molecular weight excluding hydrogens is 306 g/mol. The molecule has 25 heavy (non-hydrogen) atoms. The van der Waals surface area contributed by atoms with Crippen LogP contribution >= 0.6 is 0 Å². The molecule has 0 amide bonds. The Bertz CT molecular complexity index is 292. The summed E-state index contributed by atoms with van der Waals surface area (Å²) in [4.78, 5) is 13.7. The van der Waals surface area contributed by atoms with Gasteiger partial charge in [0.2, 0.25) is 0 Å². The van der Waals surface area contributed by atoms with Gasteiger partial charge in [-0.15, -0.1) is 0 Å². The molecule has 1 aliphatic heterocycles. The van der Waals surface area contributed by atoms with Crippen LogP contribution in [0.25, 0.3) is 0 Å². The highest BCUT2D eigenvalue weighted by molar-refractivity contribution is 5.57.